The van der Waals surface area contributed by atoms with Gasteiger partial charge < -0.3 is 9.52 Å². The first-order valence-electron chi connectivity index (χ1n) is 7.78. The number of non-ortho nitro benzene ring substituents is 1. The van der Waals surface area contributed by atoms with Crippen LogP contribution in [0.1, 0.15) is 12.5 Å². The molecule has 0 aliphatic carbocycles. The lowest BCUT2D eigenvalue weighted by atomic mass is 10.1. The largest absolute Gasteiger partial charge is 0.506 e. The van der Waals surface area contributed by atoms with Crippen molar-refractivity contribution in [3.63, 3.8) is 0 Å². The molecule has 142 valence electrons. The predicted octanol–water partition coefficient (Wildman–Crippen LogP) is 3.15. The zero-order valence-corrected chi connectivity index (χ0v) is 14.3. The minimum absolute atomic E-state index is 0.00431. The molecule has 11 heteroatoms. The fourth-order valence-corrected chi connectivity index (χ4v) is 2.53. The number of anilines is 1. The number of hydrogen-bond acceptors (Lipinski definition) is 9. The van der Waals surface area contributed by atoms with Gasteiger partial charge in [-0.25, -0.2) is 4.79 Å². The highest BCUT2D eigenvalue weighted by Gasteiger charge is 2.20. The number of hydrogen-bond donors (Lipinski definition) is 2. The third-order valence-electron chi connectivity index (χ3n) is 3.88. The lowest BCUT2D eigenvalue weighted by molar-refractivity contribution is -0.393. The monoisotopic (exact) mass is 384 g/mol. The van der Waals surface area contributed by atoms with Crippen LogP contribution in [0.4, 0.5) is 17.1 Å². The first kappa shape index (κ1) is 18.5. The average Bonchev–Trinajstić information content (AvgIpc) is 2.66. The third kappa shape index (κ3) is 3.35. The van der Waals surface area contributed by atoms with Gasteiger partial charge in [0.05, 0.1) is 27.0 Å². The highest BCUT2D eigenvalue weighted by molar-refractivity contribution is 6.04. The van der Waals surface area contributed by atoms with Gasteiger partial charge in [-0.05, 0) is 25.1 Å². The number of nitrogens with one attached hydrogen (secondary N) is 1. The standard InChI is InChI=1S/C17H12N4O7/c1-9(15-16(22)11-4-2-3-5-14(11)28-17(15)23)18-19-12-7-6-10(20(24)25)8-13(12)21(26)27/h2-8,19,22H,1H3/b18-9+. The van der Waals surface area contributed by atoms with Gasteiger partial charge in [-0.15, -0.1) is 0 Å². The quantitative estimate of drug-likeness (QED) is 0.293. The fraction of sp³-hybridized carbons (Fsp3) is 0.0588. The summed E-state index contributed by atoms with van der Waals surface area (Å²) in [5.41, 5.74) is 0.397. The summed E-state index contributed by atoms with van der Waals surface area (Å²) >= 11 is 0. The maximum absolute atomic E-state index is 12.2. The second kappa shape index (κ2) is 7.15. The molecule has 0 amide bonds. The molecule has 28 heavy (non-hydrogen) atoms. The van der Waals surface area contributed by atoms with Crippen LogP contribution in [0.2, 0.25) is 0 Å². The van der Waals surface area contributed by atoms with Crippen molar-refractivity contribution in [3.05, 3.63) is 78.7 Å². The van der Waals surface area contributed by atoms with Crippen molar-refractivity contribution in [3.8, 4) is 5.75 Å². The third-order valence-corrected chi connectivity index (χ3v) is 3.88. The average molecular weight is 384 g/mol. The Bertz CT molecular complexity index is 1200. The van der Waals surface area contributed by atoms with Crippen LogP contribution in [0, 0.1) is 20.2 Å². The Morgan fingerprint density at radius 3 is 2.54 bits per heavy atom. The summed E-state index contributed by atoms with van der Waals surface area (Å²) in [7, 11) is 0. The Kier molecular flexibility index (Phi) is 4.73. The molecule has 0 radical (unpaired) electrons. The molecule has 0 unspecified atom stereocenters. The Morgan fingerprint density at radius 1 is 1.14 bits per heavy atom. The van der Waals surface area contributed by atoms with Gasteiger partial charge in [0.25, 0.3) is 5.69 Å². The zero-order valence-electron chi connectivity index (χ0n) is 14.3. The number of rotatable bonds is 5. The van der Waals surface area contributed by atoms with Gasteiger partial charge in [0.15, 0.2) is 0 Å². The summed E-state index contributed by atoms with van der Waals surface area (Å²) in [6.07, 6.45) is 0. The molecular weight excluding hydrogens is 372 g/mol. The van der Waals surface area contributed by atoms with E-state index in [1.807, 2.05) is 0 Å². The molecule has 0 bridgehead atoms. The van der Waals surface area contributed by atoms with Gasteiger partial charge in [-0.3, -0.25) is 25.7 Å². The molecule has 1 aromatic heterocycles. The normalized spacial score (nSPS) is 11.4. The molecule has 2 N–H and O–H groups in total. The van der Waals surface area contributed by atoms with Crippen LogP contribution in [-0.4, -0.2) is 20.7 Å². The summed E-state index contributed by atoms with van der Waals surface area (Å²) < 4.78 is 5.14. The fourth-order valence-electron chi connectivity index (χ4n) is 2.53. The van der Waals surface area contributed by atoms with Crippen molar-refractivity contribution < 1.29 is 19.4 Å². The highest BCUT2D eigenvalue weighted by Crippen LogP contribution is 2.30. The van der Waals surface area contributed by atoms with E-state index in [1.54, 1.807) is 18.2 Å². The Balaban J connectivity index is 2.02. The molecule has 0 aliphatic rings. The maximum Gasteiger partial charge on any atom is 0.349 e. The summed E-state index contributed by atoms with van der Waals surface area (Å²) in [5.74, 6) is -0.340. The van der Waals surface area contributed by atoms with E-state index in [4.69, 9.17) is 4.42 Å². The molecule has 0 fully saturated rings. The van der Waals surface area contributed by atoms with Gasteiger partial charge in [0.2, 0.25) is 0 Å². The predicted molar refractivity (Wildman–Crippen MR) is 99.7 cm³/mol. The van der Waals surface area contributed by atoms with Crippen LogP contribution in [0.3, 0.4) is 0 Å². The van der Waals surface area contributed by atoms with Crippen LogP contribution >= 0.6 is 0 Å². The highest BCUT2D eigenvalue weighted by atomic mass is 16.6. The SMILES string of the molecule is C/C(=N\Nc1ccc([N+](=O)[O-])cc1[N+](=O)[O-])c1c(O)c2ccccc2oc1=O. The number of nitro groups is 2. The summed E-state index contributed by atoms with van der Waals surface area (Å²) in [4.78, 5) is 32.6. The van der Waals surface area contributed by atoms with Gasteiger partial charge in [-0.2, -0.15) is 5.10 Å². The van der Waals surface area contributed by atoms with E-state index >= 15 is 0 Å². The van der Waals surface area contributed by atoms with Crippen LogP contribution in [0.5, 0.6) is 5.75 Å². The molecule has 0 saturated carbocycles. The Labute approximate surface area is 155 Å². The summed E-state index contributed by atoms with van der Waals surface area (Å²) in [6.45, 7) is 1.39. The van der Waals surface area contributed by atoms with Crippen molar-refractivity contribution in [1.29, 1.82) is 0 Å². The van der Waals surface area contributed by atoms with Gasteiger partial charge in [0, 0.05) is 6.07 Å². The molecule has 11 nitrogen and oxygen atoms in total. The van der Waals surface area contributed by atoms with Gasteiger partial charge in [0.1, 0.15) is 22.6 Å². The first-order valence-corrected chi connectivity index (χ1v) is 7.78. The first-order chi connectivity index (χ1) is 13.3. The molecule has 0 atom stereocenters. The molecule has 3 aromatic rings. The van der Waals surface area contributed by atoms with E-state index in [1.165, 1.54) is 13.0 Å². The van der Waals surface area contributed by atoms with Crippen LogP contribution < -0.4 is 11.1 Å². The van der Waals surface area contributed by atoms with Crippen LogP contribution in [0.25, 0.3) is 11.0 Å². The second-order valence-corrected chi connectivity index (χ2v) is 5.63. The number of nitro benzene ring substituents is 2. The topological polar surface area (TPSA) is 161 Å². The smallest absolute Gasteiger partial charge is 0.349 e. The summed E-state index contributed by atoms with van der Waals surface area (Å²) in [6, 6.07) is 9.34. The number of benzene rings is 2. The maximum atomic E-state index is 12.2. The van der Waals surface area contributed by atoms with Crippen molar-refractivity contribution in [2.45, 2.75) is 6.92 Å². The molecule has 0 spiro atoms. The Hall–Kier alpha value is -4.28. The lowest BCUT2D eigenvalue weighted by Gasteiger charge is -2.07. The van der Waals surface area contributed by atoms with Gasteiger partial charge >= 0.3 is 11.3 Å². The molecule has 0 aliphatic heterocycles. The minimum atomic E-state index is -0.836. The van der Waals surface area contributed by atoms with Crippen molar-refractivity contribution in [2.24, 2.45) is 5.10 Å². The van der Waals surface area contributed by atoms with E-state index in [0.29, 0.717) is 5.39 Å². The van der Waals surface area contributed by atoms with E-state index in [9.17, 15) is 30.1 Å². The van der Waals surface area contributed by atoms with Crippen LogP contribution in [-0.2, 0) is 0 Å². The Morgan fingerprint density at radius 2 is 1.86 bits per heavy atom. The number of fused-ring (bicyclic) bond motifs is 1. The number of nitrogens with zero attached hydrogens (tertiary/aromatic N) is 3. The molecule has 1 heterocycles. The molecule has 3 rings (SSSR count). The number of hydrazone groups is 1. The zero-order chi connectivity index (χ0) is 20.4. The van der Waals surface area contributed by atoms with Crippen molar-refractivity contribution in [2.75, 3.05) is 5.43 Å². The lowest BCUT2D eigenvalue weighted by Crippen LogP contribution is -2.14. The minimum Gasteiger partial charge on any atom is -0.506 e. The van der Waals surface area contributed by atoms with Crippen molar-refractivity contribution >= 4 is 33.7 Å². The second-order valence-electron chi connectivity index (χ2n) is 5.63. The number of aromatic hydroxyl groups is 1. The van der Waals surface area contributed by atoms with E-state index in [2.05, 4.69) is 10.5 Å². The summed E-state index contributed by atoms with van der Waals surface area (Å²) in [5, 5.41) is 36.5. The van der Waals surface area contributed by atoms with Crippen LogP contribution in [0.15, 0.2) is 56.8 Å². The van der Waals surface area contributed by atoms with E-state index < -0.39 is 26.8 Å². The molecular formula is C17H12N4O7. The van der Waals surface area contributed by atoms with Crippen molar-refractivity contribution in [1.82, 2.24) is 0 Å². The molecule has 2 aromatic carbocycles. The van der Waals surface area contributed by atoms with E-state index in [-0.39, 0.29) is 28.3 Å². The number of para-hydroxylation sites is 1. The van der Waals surface area contributed by atoms with Gasteiger partial charge in [-0.1, -0.05) is 12.1 Å². The molecule has 0 saturated heterocycles. The van der Waals surface area contributed by atoms with E-state index in [0.717, 1.165) is 18.2 Å².